The summed E-state index contributed by atoms with van der Waals surface area (Å²) < 4.78 is 13.8. The number of carbonyl (C=O) groups is 1. The first-order valence-corrected chi connectivity index (χ1v) is 11.6. The summed E-state index contributed by atoms with van der Waals surface area (Å²) in [6, 6.07) is 4.04. The van der Waals surface area contributed by atoms with Crippen molar-refractivity contribution in [2.45, 2.75) is 44.6 Å². The number of halogens is 2. The van der Waals surface area contributed by atoms with E-state index in [2.05, 4.69) is 30.4 Å². The van der Waals surface area contributed by atoms with E-state index in [0.717, 1.165) is 62.0 Å². The number of nitrogens with zero attached hydrogens (tertiary/aromatic N) is 4. The number of aromatic amines is 1. The Balaban J connectivity index is 1.30. The zero-order chi connectivity index (χ0) is 22.1. The van der Waals surface area contributed by atoms with Crippen molar-refractivity contribution in [2.75, 3.05) is 23.3 Å². The molecular weight excluding hydrogens is 431 g/mol. The zero-order valence-electron chi connectivity index (χ0n) is 17.7. The molecule has 9 heteroatoms. The third-order valence-corrected chi connectivity index (χ3v) is 6.63. The Morgan fingerprint density at radius 2 is 2.12 bits per heavy atom. The smallest absolute Gasteiger partial charge is 0.160 e. The van der Waals surface area contributed by atoms with Crippen LogP contribution in [0.3, 0.4) is 0 Å². The molecule has 3 aromatic rings. The van der Waals surface area contributed by atoms with Crippen molar-refractivity contribution in [2.24, 2.45) is 11.8 Å². The summed E-state index contributed by atoms with van der Waals surface area (Å²) in [5.41, 5.74) is 1.28. The quantitative estimate of drug-likeness (QED) is 0.540. The minimum atomic E-state index is -0.406. The predicted octanol–water partition coefficient (Wildman–Crippen LogP) is 4.60. The van der Waals surface area contributed by atoms with Crippen molar-refractivity contribution in [1.29, 1.82) is 0 Å². The maximum atomic E-state index is 13.8. The molecular formula is C23H26ClFN6O. The van der Waals surface area contributed by atoms with E-state index in [1.54, 1.807) is 18.6 Å². The number of H-pyrrole nitrogens is 1. The number of Topliss-reactive ketones (excluding diaryl/α,β-unsaturated/α-hetero) is 1. The van der Waals surface area contributed by atoms with Crippen LogP contribution < -0.4 is 10.2 Å². The molecule has 1 saturated carbocycles. The molecule has 2 aliphatic rings. The molecule has 2 N–H and O–H groups in total. The highest BCUT2D eigenvalue weighted by atomic mass is 35.5. The molecule has 3 heterocycles. The third kappa shape index (κ3) is 4.70. The fraction of sp³-hybridized carbons (Fsp3) is 0.478. The van der Waals surface area contributed by atoms with Gasteiger partial charge < -0.3 is 10.2 Å². The second kappa shape index (κ2) is 9.02. The van der Waals surface area contributed by atoms with Gasteiger partial charge in [-0.2, -0.15) is 5.10 Å². The molecule has 5 rings (SSSR count). The molecule has 32 heavy (non-hydrogen) atoms. The first-order chi connectivity index (χ1) is 15.6. The number of hydrogen-bond donors (Lipinski definition) is 2. The zero-order valence-corrected chi connectivity index (χ0v) is 18.5. The van der Waals surface area contributed by atoms with Gasteiger partial charge in [-0.1, -0.05) is 18.0 Å². The van der Waals surface area contributed by atoms with Gasteiger partial charge in [-0.3, -0.25) is 9.89 Å². The minimum Gasteiger partial charge on any atom is -0.375 e. The second-order valence-electron chi connectivity index (χ2n) is 8.93. The molecule has 1 aliphatic carbocycles. The van der Waals surface area contributed by atoms with E-state index in [0.29, 0.717) is 23.0 Å². The lowest BCUT2D eigenvalue weighted by Crippen LogP contribution is -2.36. The third-order valence-electron chi connectivity index (χ3n) is 6.41. The Kier molecular flexibility index (Phi) is 5.95. The minimum absolute atomic E-state index is 0.191. The number of fused-ring (bicyclic) bond motifs is 1. The predicted molar refractivity (Wildman–Crippen MR) is 122 cm³/mol. The summed E-state index contributed by atoms with van der Waals surface area (Å²) >= 11 is 6.00. The Morgan fingerprint density at radius 3 is 2.94 bits per heavy atom. The average molecular weight is 457 g/mol. The number of benzene rings is 1. The fourth-order valence-corrected chi connectivity index (χ4v) is 4.93. The number of carbonyl (C=O) groups excluding carboxylic acids is 1. The molecule has 168 valence electrons. The van der Waals surface area contributed by atoms with Crippen molar-refractivity contribution < 1.29 is 9.18 Å². The summed E-state index contributed by atoms with van der Waals surface area (Å²) in [7, 11) is 0. The highest BCUT2D eigenvalue weighted by Crippen LogP contribution is 2.37. The largest absolute Gasteiger partial charge is 0.375 e. The highest BCUT2D eigenvalue weighted by Gasteiger charge is 2.37. The average Bonchev–Trinajstić information content (AvgIpc) is 3.52. The van der Waals surface area contributed by atoms with Crippen molar-refractivity contribution in [3.05, 3.63) is 41.6 Å². The van der Waals surface area contributed by atoms with Crippen LogP contribution in [0.15, 0.2) is 30.7 Å². The molecule has 0 spiro atoms. The Hall–Kier alpha value is -2.74. The van der Waals surface area contributed by atoms with Crippen LogP contribution in [0.2, 0.25) is 5.02 Å². The van der Waals surface area contributed by atoms with Crippen molar-refractivity contribution in [3.8, 4) is 0 Å². The van der Waals surface area contributed by atoms with Gasteiger partial charge in [-0.05, 0) is 55.7 Å². The van der Waals surface area contributed by atoms with Crippen LogP contribution in [0, 0.1) is 17.7 Å². The highest BCUT2D eigenvalue weighted by molar-refractivity contribution is 6.30. The molecule has 1 saturated heterocycles. The molecule has 1 aromatic carbocycles. The number of anilines is 2. The number of nitrogens with one attached hydrogen (secondary N) is 2. The normalized spacial score (nSPS) is 20.2. The first-order valence-electron chi connectivity index (χ1n) is 11.2. The van der Waals surface area contributed by atoms with Crippen LogP contribution >= 0.6 is 11.6 Å². The topological polar surface area (TPSA) is 86.8 Å². The second-order valence-corrected chi connectivity index (χ2v) is 9.36. The van der Waals surface area contributed by atoms with Gasteiger partial charge in [0.2, 0.25) is 0 Å². The van der Waals surface area contributed by atoms with Crippen LogP contribution in [0.5, 0.6) is 0 Å². The van der Waals surface area contributed by atoms with Crippen molar-refractivity contribution >= 4 is 39.9 Å². The van der Waals surface area contributed by atoms with Gasteiger partial charge in [-0.15, -0.1) is 0 Å². The van der Waals surface area contributed by atoms with Gasteiger partial charge in [-0.25, -0.2) is 14.4 Å². The summed E-state index contributed by atoms with van der Waals surface area (Å²) in [5.74, 6) is 1.20. The van der Waals surface area contributed by atoms with Crippen LogP contribution in [0.1, 0.15) is 38.5 Å². The summed E-state index contributed by atoms with van der Waals surface area (Å²) in [5, 5.41) is 11.5. The number of aromatic nitrogens is 4. The van der Waals surface area contributed by atoms with Gasteiger partial charge in [0.25, 0.3) is 0 Å². The van der Waals surface area contributed by atoms with Crippen molar-refractivity contribution in [1.82, 2.24) is 20.2 Å². The molecule has 2 fully saturated rings. The monoisotopic (exact) mass is 456 g/mol. The lowest BCUT2D eigenvalue weighted by Gasteiger charge is -2.27. The number of rotatable bonds is 7. The van der Waals surface area contributed by atoms with Crippen molar-refractivity contribution in [3.63, 3.8) is 0 Å². The Labute approximate surface area is 190 Å². The fourth-order valence-electron chi connectivity index (χ4n) is 4.71. The standard InChI is InChI=1S/C23H26ClFN6O/c24-16-8-17(25)10-18(9-16)29-21(15-4-5-15)20(32)7-14-3-1-2-6-31(12-14)23-19-11-28-30-22(19)26-13-27-23/h8-11,13-15,21,29H,1-7,12H2,(H,26,27,28,30)/t14?,21-/m1/s1. The van der Waals surface area contributed by atoms with Gasteiger partial charge in [0.15, 0.2) is 11.4 Å². The molecule has 1 aliphatic heterocycles. The summed E-state index contributed by atoms with van der Waals surface area (Å²) in [6.07, 6.45) is 8.98. The lowest BCUT2D eigenvalue weighted by atomic mass is 9.92. The van der Waals surface area contributed by atoms with Crippen LogP contribution in [0.4, 0.5) is 15.9 Å². The molecule has 0 radical (unpaired) electrons. The van der Waals surface area contributed by atoms with E-state index < -0.39 is 5.82 Å². The number of hydrogen-bond acceptors (Lipinski definition) is 6. The summed E-state index contributed by atoms with van der Waals surface area (Å²) in [4.78, 5) is 24.4. The molecule has 0 amide bonds. The molecule has 2 aromatic heterocycles. The molecule has 2 atom stereocenters. The number of ketones is 1. The van der Waals surface area contributed by atoms with E-state index in [9.17, 15) is 9.18 Å². The van der Waals surface area contributed by atoms with E-state index in [-0.39, 0.29) is 17.7 Å². The summed E-state index contributed by atoms with van der Waals surface area (Å²) in [6.45, 7) is 1.67. The van der Waals surface area contributed by atoms with Gasteiger partial charge in [0.1, 0.15) is 18.0 Å². The van der Waals surface area contributed by atoms with Gasteiger partial charge in [0.05, 0.1) is 17.6 Å². The van der Waals surface area contributed by atoms with Crippen LogP contribution in [0.25, 0.3) is 11.0 Å². The van der Waals surface area contributed by atoms with Gasteiger partial charge >= 0.3 is 0 Å². The van der Waals surface area contributed by atoms with Crippen LogP contribution in [-0.4, -0.2) is 45.1 Å². The molecule has 0 bridgehead atoms. The lowest BCUT2D eigenvalue weighted by molar-refractivity contribution is -0.121. The Bertz CT molecular complexity index is 1100. The Morgan fingerprint density at radius 1 is 1.25 bits per heavy atom. The maximum absolute atomic E-state index is 13.8. The maximum Gasteiger partial charge on any atom is 0.160 e. The first kappa shape index (κ1) is 21.1. The van der Waals surface area contributed by atoms with Gasteiger partial charge in [0, 0.05) is 30.2 Å². The van der Waals surface area contributed by atoms with E-state index in [4.69, 9.17) is 11.6 Å². The van der Waals surface area contributed by atoms with E-state index in [1.807, 2.05) is 0 Å². The van der Waals surface area contributed by atoms with Crippen LogP contribution in [-0.2, 0) is 4.79 Å². The van der Waals surface area contributed by atoms with E-state index in [1.165, 1.54) is 12.1 Å². The molecule has 7 nitrogen and oxygen atoms in total. The molecule has 1 unspecified atom stereocenters. The van der Waals surface area contributed by atoms with E-state index >= 15 is 0 Å². The SMILES string of the molecule is O=C(CC1CCCCN(c2ncnc3[nH]ncc23)C1)[C@H](Nc1cc(F)cc(Cl)c1)C1CC1.